The SMILES string of the molecule is CCC(C)(C)c1ccc(OCCCCN(C/C=C/c2ccccc2OC)C(=O)C2CCCC2)c(C(C)(C)CC)c1. The molecule has 0 aromatic heterocycles. The van der Waals surface area contributed by atoms with Gasteiger partial charge < -0.3 is 14.4 Å². The highest BCUT2D eigenvalue weighted by atomic mass is 16.5. The Morgan fingerprint density at radius 3 is 2.33 bits per heavy atom. The third-order valence-corrected chi connectivity index (χ3v) is 9.12. The van der Waals surface area contributed by atoms with Crippen LogP contribution in [0.3, 0.4) is 0 Å². The van der Waals surface area contributed by atoms with Crippen molar-refractivity contribution < 1.29 is 14.3 Å². The van der Waals surface area contributed by atoms with E-state index < -0.39 is 0 Å². The van der Waals surface area contributed by atoms with Crippen molar-refractivity contribution in [3.63, 3.8) is 0 Å². The van der Waals surface area contributed by atoms with Gasteiger partial charge in [0, 0.05) is 30.1 Å². The number of nitrogens with zero attached hydrogens (tertiary/aromatic N) is 1. The molecule has 0 saturated heterocycles. The van der Waals surface area contributed by atoms with E-state index in [1.54, 1.807) is 7.11 Å². The molecule has 0 atom stereocenters. The van der Waals surface area contributed by atoms with E-state index in [4.69, 9.17) is 9.47 Å². The van der Waals surface area contributed by atoms with Crippen LogP contribution in [0.15, 0.2) is 48.5 Å². The Bertz CT molecular complexity index is 1110. The lowest BCUT2D eigenvalue weighted by molar-refractivity contribution is -0.134. The maximum atomic E-state index is 13.4. The zero-order valence-corrected chi connectivity index (χ0v) is 26.2. The van der Waals surface area contributed by atoms with Crippen LogP contribution in [-0.2, 0) is 15.6 Å². The Labute approximate surface area is 244 Å². The molecule has 2 aromatic carbocycles. The van der Waals surface area contributed by atoms with Crippen molar-refractivity contribution in [2.24, 2.45) is 5.92 Å². The maximum absolute atomic E-state index is 13.4. The Morgan fingerprint density at radius 2 is 1.65 bits per heavy atom. The van der Waals surface area contributed by atoms with Crippen LogP contribution in [0.2, 0.25) is 0 Å². The summed E-state index contributed by atoms with van der Waals surface area (Å²) in [6.07, 6.45) is 12.5. The number of methoxy groups -OCH3 is 1. The molecule has 0 spiro atoms. The van der Waals surface area contributed by atoms with Gasteiger partial charge in [-0.3, -0.25) is 4.79 Å². The quantitative estimate of drug-likeness (QED) is 0.209. The molecule has 1 saturated carbocycles. The van der Waals surface area contributed by atoms with Crippen LogP contribution in [0.5, 0.6) is 11.5 Å². The predicted molar refractivity (Wildman–Crippen MR) is 168 cm³/mol. The second-order valence-corrected chi connectivity index (χ2v) is 12.7. The lowest BCUT2D eigenvalue weighted by Crippen LogP contribution is -2.36. The average Bonchev–Trinajstić information content (AvgIpc) is 3.51. The zero-order chi connectivity index (χ0) is 29.2. The highest BCUT2D eigenvalue weighted by molar-refractivity contribution is 5.79. The summed E-state index contributed by atoms with van der Waals surface area (Å²) in [7, 11) is 1.69. The number of carbonyl (C=O) groups excluding carboxylic acids is 1. The van der Waals surface area contributed by atoms with Gasteiger partial charge in [-0.25, -0.2) is 0 Å². The standard InChI is InChI=1S/C36H53NO3/c1-8-35(3,4)30-22-23-33(31(27-30)36(5,6)9-2)40-26-15-14-24-37(34(38)29-18-10-11-19-29)25-16-20-28-17-12-13-21-32(28)39-7/h12-13,16-17,20-23,27,29H,8-11,14-15,18-19,24-26H2,1-7H3/b20-16+. The molecule has 3 rings (SSSR count). The van der Waals surface area contributed by atoms with Crippen LogP contribution in [0.25, 0.3) is 6.08 Å². The van der Waals surface area contributed by atoms with Crippen molar-refractivity contribution in [2.75, 3.05) is 26.8 Å². The van der Waals surface area contributed by atoms with E-state index in [1.807, 2.05) is 24.3 Å². The van der Waals surface area contributed by atoms with E-state index in [9.17, 15) is 4.79 Å². The zero-order valence-electron chi connectivity index (χ0n) is 26.2. The summed E-state index contributed by atoms with van der Waals surface area (Å²) in [4.78, 5) is 15.4. The summed E-state index contributed by atoms with van der Waals surface area (Å²) in [6, 6.07) is 14.8. The maximum Gasteiger partial charge on any atom is 0.225 e. The van der Waals surface area contributed by atoms with Crippen molar-refractivity contribution >= 4 is 12.0 Å². The fourth-order valence-electron chi connectivity index (χ4n) is 5.42. The molecule has 0 radical (unpaired) electrons. The first-order valence-corrected chi connectivity index (χ1v) is 15.5. The number of amides is 1. The molecule has 0 unspecified atom stereocenters. The van der Waals surface area contributed by atoms with Crippen molar-refractivity contribution in [3.8, 4) is 11.5 Å². The number of benzene rings is 2. The first-order valence-electron chi connectivity index (χ1n) is 15.5. The van der Waals surface area contributed by atoms with E-state index in [-0.39, 0.29) is 16.7 Å². The smallest absolute Gasteiger partial charge is 0.225 e. The second kappa shape index (κ2) is 14.8. The molecular formula is C36H53NO3. The van der Waals surface area contributed by atoms with Gasteiger partial charge in [-0.1, -0.05) is 96.9 Å². The highest BCUT2D eigenvalue weighted by Gasteiger charge is 2.28. The van der Waals surface area contributed by atoms with Gasteiger partial charge in [0.1, 0.15) is 11.5 Å². The molecule has 1 aliphatic rings. The number of rotatable bonds is 15. The monoisotopic (exact) mass is 547 g/mol. The largest absolute Gasteiger partial charge is 0.496 e. The molecule has 1 fully saturated rings. The number of para-hydroxylation sites is 1. The Morgan fingerprint density at radius 1 is 0.950 bits per heavy atom. The van der Waals surface area contributed by atoms with Gasteiger partial charge >= 0.3 is 0 Å². The number of unbranched alkanes of at least 4 members (excludes halogenated alkanes) is 1. The van der Waals surface area contributed by atoms with Gasteiger partial charge in [-0.05, 0) is 67.1 Å². The molecule has 220 valence electrons. The molecule has 4 heteroatoms. The van der Waals surface area contributed by atoms with E-state index in [2.05, 4.69) is 76.8 Å². The summed E-state index contributed by atoms with van der Waals surface area (Å²) in [5, 5.41) is 0. The Kier molecular flexibility index (Phi) is 11.7. The Hall–Kier alpha value is -2.75. The van der Waals surface area contributed by atoms with E-state index in [0.29, 0.717) is 19.1 Å². The van der Waals surface area contributed by atoms with E-state index in [0.717, 1.165) is 62.1 Å². The highest BCUT2D eigenvalue weighted by Crippen LogP contribution is 2.38. The molecule has 2 aromatic rings. The minimum absolute atomic E-state index is 0.0490. The van der Waals surface area contributed by atoms with Crippen LogP contribution in [0.1, 0.15) is 110 Å². The number of hydrogen-bond donors (Lipinski definition) is 0. The molecule has 1 aliphatic carbocycles. The lowest BCUT2D eigenvalue weighted by Gasteiger charge is -2.30. The van der Waals surface area contributed by atoms with Gasteiger partial charge in [0.2, 0.25) is 5.91 Å². The third kappa shape index (κ3) is 8.38. The third-order valence-electron chi connectivity index (χ3n) is 9.12. The second-order valence-electron chi connectivity index (χ2n) is 12.7. The van der Waals surface area contributed by atoms with Gasteiger partial charge in [0.25, 0.3) is 0 Å². The minimum atomic E-state index is 0.0490. The van der Waals surface area contributed by atoms with E-state index in [1.165, 1.54) is 24.0 Å². The van der Waals surface area contributed by atoms with E-state index >= 15 is 0 Å². The fourth-order valence-corrected chi connectivity index (χ4v) is 5.42. The molecule has 4 nitrogen and oxygen atoms in total. The van der Waals surface area contributed by atoms with Crippen LogP contribution in [0, 0.1) is 5.92 Å². The first-order chi connectivity index (χ1) is 19.1. The number of carbonyl (C=O) groups is 1. The molecule has 0 aliphatic heterocycles. The normalized spacial score (nSPS) is 14.6. The summed E-state index contributed by atoms with van der Waals surface area (Å²) in [5.41, 5.74) is 3.90. The average molecular weight is 548 g/mol. The molecule has 0 bridgehead atoms. The van der Waals surface area contributed by atoms with Crippen molar-refractivity contribution in [1.82, 2.24) is 4.90 Å². The van der Waals surface area contributed by atoms with Crippen LogP contribution in [-0.4, -0.2) is 37.6 Å². The summed E-state index contributed by atoms with van der Waals surface area (Å²) >= 11 is 0. The van der Waals surface area contributed by atoms with Gasteiger partial charge in [0.15, 0.2) is 0 Å². The predicted octanol–water partition coefficient (Wildman–Crippen LogP) is 8.96. The van der Waals surface area contributed by atoms with Crippen molar-refractivity contribution in [2.45, 2.75) is 104 Å². The molecular weight excluding hydrogens is 494 g/mol. The van der Waals surface area contributed by atoms with Crippen molar-refractivity contribution in [1.29, 1.82) is 0 Å². The minimum Gasteiger partial charge on any atom is -0.496 e. The topological polar surface area (TPSA) is 38.8 Å². The number of ether oxygens (including phenoxy) is 2. The first kappa shape index (κ1) is 31.8. The summed E-state index contributed by atoms with van der Waals surface area (Å²) in [5.74, 6) is 2.34. The fraction of sp³-hybridized carbons (Fsp3) is 0.583. The van der Waals surface area contributed by atoms with Crippen LogP contribution < -0.4 is 9.47 Å². The molecule has 40 heavy (non-hydrogen) atoms. The Balaban J connectivity index is 1.62. The molecule has 0 heterocycles. The van der Waals surface area contributed by atoms with Gasteiger partial charge in [-0.15, -0.1) is 0 Å². The molecule has 1 amide bonds. The van der Waals surface area contributed by atoms with Gasteiger partial charge in [0.05, 0.1) is 13.7 Å². The lowest BCUT2D eigenvalue weighted by atomic mass is 9.76. The van der Waals surface area contributed by atoms with Crippen LogP contribution in [0.4, 0.5) is 0 Å². The molecule has 0 N–H and O–H groups in total. The van der Waals surface area contributed by atoms with Gasteiger partial charge in [-0.2, -0.15) is 0 Å². The number of hydrogen-bond acceptors (Lipinski definition) is 3. The summed E-state index contributed by atoms with van der Waals surface area (Å²) < 4.78 is 11.9. The van der Waals surface area contributed by atoms with Crippen LogP contribution >= 0.6 is 0 Å². The van der Waals surface area contributed by atoms with Crippen molar-refractivity contribution in [3.05, 3.63) is 65.2 Å². The summed E-state index contributed by atoms with van der Waals surface area (Å²) in [6.45, 7) is 15.8.